The summed E-state index contributed by atoms with van der Waals surface area (Å²) >= 11 is 1.48. The molecule has 0 bridgehead atoms. The number of alkyl halides is 2. The summed E-state index contributed by atoms with van der Waals surface area (Å²) in [4.78, 5) is 23.0. The first-order valence-corrected chi connectivity index (χ1v) is 10.7. The quantitative estimate of drug-likeness (QED) is 0.380. The van der Waals surface area contributed by atoms with Crippen LogP contribution in [0.4, 0.5) is 8.78 Å². The monoisotopic (exact) mass is 453 g/mol. The molecular formula is C22H17F2N5O2S. The van der Waals surface area contributed by atoms with Crippen molar-refractivity contribution in [2.45, 2.75) is 26.4 Å². The fourth-order valence-corrected chi connectivity index (χ4v) is 4.42. The van der Waals surface area contributed by atoms with Gasteiger partial charge in [0.2, 0.25) is 0 Å². The summed E-state index contributed by atoms with van der Waals surface area (Å²) in [6.07, 6.45) is 0. The van der Waals surface area contributed by atoms with Crippen molar-refractivity contribution in [3.63, 3.8) is 0 Å². The Bertz CT molecular complexity index is 1440. The van der Waals surface area contributed by atoms with Crippen molar-refractivity contribution < 1.29 is 18.1 Å². The third kappa shape index (κ3) is 3.32. The first-order valence-electron chi connectivity index (χ1n) is 9.81. The van der Waals surface area contributed by atoms with Crippen LogP contribution in [0.3, 0.4) is 0 Å². The highest BCUT2D eigenvalue weighted by molar-refractivity contribution is 7.13. The predicted octanol–water partition coefficient (Wildman–Crippen LogP) is 5.50. The molecule has 162 valence electrons. The maximum absolute atomic E-state index is 13.8. The summed E-state index contributed by atoms with van der Waals surface area (Å²) in [6, 6.07) is 11.3. The molecule has 1 unspecified atom stereocenters. The molecular weight excluding hydrogens is 436 g/mol. The Morgan fingerprint density at radius 3 is 2.75 bits per heavy atom. The topological polar surface area (TPSA) is 85.8 Å². The first kappa shape index (κ1) is 20.3. The van der Waals surface area contributed by atoms with Crippen LogP contribution >= 0.6 is 11.3 Å². The summed E-state index contributed by atoms with van der Waals surface area (Å²) in [5.74, 6) is -0.387. The molecule has 1 N–H and O–H groups in total. The number of imidazole rings is 1. The van der Waals surface area contributed by atoms with Crippen molar-refractivity contribution in [2.24, 2.45) is 0 Å². The van der Waals surface area contributed by atoms with Gasteiger partial charge in [0.25, 0.3) is 11.6 Å². The summed E-state index contributed by atoms with van der Waals surface area (Å²) in [5.41, 5.74) is 2.38. The second kappa shape index (κ2) is 7.79. The minimum atomic E-state index is -2.80. The van der Waals surface area contributed by atoms with E-state index >= 15 is 0 Å². The molecule has 5 aromatic rings. The number of pyridine rings is 1. The van der Waals surface area contributed by atoms with Crippen LogP contribution in [0.5, 0.6) is 0 Å². The molecule has 1 atom stereocenters. The molecule has 7 nitrogen and oxygen atoms in total. The largest absolute Gasteiger partial charge is 0.342 e. The lowest BCUT2D eigenvalue weighted by Gasteiger charge is -2.16. The molecule has 0 radical (unpaired) electrons. The van der Waals surface area contributed by atoms with Crippen molar-refractivity contribution in [3.05, 3.63) is 64.9 Å². The number of halogens is 2. The predicted molar refractivity (Wildman–Crippen MR) is 117 cm³/mol. The van der Waals surface area contributed by atoms with E-state index in [9.17, 15) is 13.6 Å². The van der Waals surface area contributed by atoms with Crippen LogP contribution in [0.25, 0.3) is 32.7 Å². The van der Waals surface area contributed by atoms with E-state index < -0.39 is 18.5 Å². The highest BCUT2D eigenvalue weighted by Gasteiger charge is 2.25. The van der Waals surface area contributed by atoms with Crippen LogP contribution in [0.2, 0.25) is 0 Å². The minimum absolute atomic E-state index is 0.0698. The van der Waals surface area contributed by atoms with Gasteiger partial charge in [-0.2, -0.15) is 8.78 Å². The molecule has 1 aromatic carbocycles. The molecule has 0 spiro atoms. The lowest BCUT2D eigenvalue weighted by atomic mass is 10.1. The summed E-state index contributed by atoms with van der Waals surface area (Å²) in [5, 5.41) is 9.13. The molecule has 4 aromatic heterocycles. The van der Waals surface area contributed by atoms with Gasteiger partial charge < -0.3 is 9.84 Å². The molecule has 4 heterocycles. The van der Waals surface area contributed by atoms with E-state index in [0.717, 1.165) is 9.44 Å². The fourth-order valence-electron chi connectivity index (χ4n) is 3.74. The van der Waals surface area contributed by atoms with E-state index in [-0.39, 0.29) is 11.5 Å². The van der Waals surface area contributed by atoms with Crippen LogP contribution < -0.4 is 5.32 Å². The molecule has 10 heteroatoms. The normalized spacial score (nSPS) is 12.7. The number of rotatable bonds is 5. The first-order chi connectivity index (χ1) is 15.4. The Labute approximate surface area is 184 Å². The highest BCUT2D eigenvalue weighted by Crippen LogP contribution is 2.31. The standard InChI is InChI=1S/C22H17F2N5O2S/c1-11-18-13(10-15(17-8-5-9-32-17)27-21(18)31-28-11)20(30)25-12(2)19-26-14-6-3-4-7-16(14)29(19)22(23)24/h3-10,12,22H,1-2H3,(H,25,30). The fraction of sp³-hybridized carbons (Fsp3) is 0.182. The molecule has 0 aliphatic heterocycles. The van der Waals surface area contributed by atoms with Crippen LogP contribution in [-0.2, 0) is 0 Å². The molecule has 0 saturated heterocycles. The van der Waals surface area contributed by atoms with Gasteiger partial charge in [-0.25, -0.2) is 9.97 Å². The van der Waals surface area contributed by atoms with Gasteiger partial charge in [-0.1, -0.05) is 23.4 Å². The van der Waals surface area contributed by atoms with Gasteiger partial charge in [-0.3, -0.25) is 9.36 Å². The van der Waals surface area contributed by atoms with E-state index in [4.69, 9.17) is 4.52 Å². The number of thiophene rings is 1. The van der Waals surface area contributed by atoms with Crippen molar-refractivity contribution in [1.29, 1.82) is 0 Å². The second-order valence-corrected chi connectivity index (χ2v) is 8.23. The number of aryl methyl sites for hydroxylation is 1. The average Bonchev–Trinajstić information content (AvgIpc) is 3.51. The summed E-state index contributed by atoms with van der Waals surface area (Å²) < 4.78 is 33.8. The third-order valence-corrected chi connectivity index (χ3v) is 6.08. The van der Waals surface area contributed by atoms with Gasteiger partial charge >= 0.3 is 6.55 Å². The smallest absolute Gasteiger partial charge is 0.320 e. The number of nitrogens with one attached hydrogen (secondary N) is 1. The number of fused-ring (bicyclic) bond motifs is 2. The van der Waals surface area contributed by atoms with Crippen LogP contribution in [0.1, 0.15) is 41.4 Å². The molecule has 0 aliphatic rings. The Kier molecular flexibility index (Phi) is 4.93. The van der Waals surface area contributed by atoms with Gasteiger partial charge in [0.1, 0.15) is 5.82 Å². The average molecular weight is 453 g/mol. The molecule has 1 amide bonds. The zero-order valence-corrected chi connectivity index (χ0v) is 17.9. The maximum atomic E-state index is 13.8. The van der Waals surface area contributed by atoms with Crippen LogP contribution in [0, 0.1) is 6.92 Å². The van der Waals surface area contributed by atoms with Gasteiger partial charge in [0.15, 0.2) is 0 Å². The van der Waals surface area contributed by atoms with Gasteiger partial charge in [-0.15, -0.1) is 11.3 Å². The van der Waals surface area contributed by atoms with Gasteiger partial charge in [-0.05, 0) is 43.5 Å². The van der Waals surface area contributed by atoms with E-state index in [2.05, 4.69) is 20.4 Å². The Morgan fingerprint density at radius 2 is 2.00 bits per heavy atom. The lowest BCUT2D eigenvalue weighted by molar-refractivity contribution is 0.0688. The Morgan fingerprint density at radius 1 is 1.19 bits per heavy atom. The van der Waals surface area contributed by atoms with Gasteiger partial charge in [0, 0.05) is 0 Å². The minimum Gasteiger partial charge on any atom is -0.342 e. The van der Waals surface area contributed by atoms with Crippen molar-refractivity contribution in [3.8, 4) is 10.6 Å². The maximum Gasteiger partial charge on any atom is 0.320 e. The Balaban J connectivity index is 1.55. The number of carbonyl (C=O) groups is 1. The zero-order chi connectivity index (χ0) is 22.4. The number of aromatic nitrogens is 4. The van der Waals surface area contributed by atoms with E-state index in [1.165, 1.54) is 11.3 Å². The van der Waals surface area contributed by atoms with Gasteiger partial charge in [0.05, 0.1) is 44.3 Å². The summed E-state index contributed by atoms with van der Waals surface area (Å²) in [6.45, 7) is 0.543. The molecule has 0 saturated carbocycles. The van der Waals surface area contributed by atoms with E-state index in [0.29, 0.717) is 33.4 Å². The molecule has 0 fully saturated rings. The number of carbonyl (C=O) groups excluding carboxylic acids is 1. The number of nitrogens with zero attached hydrogens (tertiary/aromatic N) is 4. The molecule has 0 aliphatic carbocycles. The molecule has 32 heavy (non-hydrogen) atoms. The number of para-hydroxylation sites is 2. The van der Waals surface area contributed by atoms with Crippen molar-refractivity contribution >= 4 is 39.4 Å². The third-order valence-electron chi connectivity index (χ3n) is 5.19. The summed E-state index contributed by atoms with van der Waals surface area (Å²) in [7, 11) is 0. The van der Waals surface area contributed by atoms with E-state index in [1.807, 2.05) is 17.5 Å². The molecule has 5 rings (SSSR count). The number of hydrogen-bond acceptors (Lipinski definition) is 6. The van der Waals surface area contributed by atoms with E-state index in [1.54, 1.807) is 44.2 Å². The second-order valence-electron chi connectivity index (χ2n) is 7.28. The van der Waals surface area contributed by atoms with Crippen molar-refractivity contribution in [1.82, 2.24) is 25.0 Å². The van der Waals surface area contributed by atoms with Crippen molar-refractivity contribution in [2.75, 3.05) is 0 Å². The number of amides is 1. The highest BCUT2D eigenvalue weighted by atomic mass is 32.1. The lowest BCUT2D eigenvalue weighted by Crippen LogP contribution is -2.29. The van der Waals surface area contributed by atoms with Crippen LogP contribution in [0.15, 0.2) is 52.4 Å². The SMILES string of the molecule is Cc1noc2nc(-c3cccs3)cc(C(=O)NC(C)c3nc4ccccc4n3C(F)F)c12. The Hall–Kier alpha value is -3.66. The zero-order valence-electron chi connectivity index (χ0n) is 17.0. The van der Waals surface area contributed by atoms with Crippen LogP contribution in [-0.4, -0.2) is 25.6 Å². The number of benzene rings is 1. The number of hydrogen-bond donors (Lipinski definition) is 1.